The SMILES string of the molecule is N#CC[C@H](N)c1nnn[nH]1. The van der Waals surface area contributed by atoms with Crippen LogP contribution < -0.4 is 5.73 Å². The van der Waals surface area contributed by atoms with Crippen LogP contribution in [0.15, 0.2) is 0 Å². The molecule has 0 spiro atoms. The average molecular weight is 138 g/mol. The van der Waals surface area contributed by atoms with Gasteiger partial charge in [-0.15, -0.1) is 5.10 Å². The first-order chi connectivity index (χ1) is 4.84. The third kappa shape index (κ3) is 1.27. The largest absolute Gasteiger partial charge is 0.320 e. The standard InChI is InChI=1S/C4H6N6/c5-2-1-3(6)4-7-9-10-8-4/h3H,1,6H2,(H,7,8,9,10)/t3-/m0/s1. The quantitative estimate of drug-likeness (QED) is 0.551. The summed E-state index contributed by atoms with van der Waals surface area (Å²) < 4.78 is 0. The molecule has 0 bridgehead atoms. The molecular weight excluding hydrogens is 132 g/mol. The van der Waals surface area contributed by atoms with Crippen molar-refractivity contribution in [3.63, 3.8) is 0 Å². The van der Waals surface area contributed by atoms with Crippen molar-refractivity contribution in [1.82, 2.24) is 20.6 Å². The second kappa shape index (κ2) is 2.89. The molecule has 0 aromatic carbocycles. The Hall–Kier alpha value is -1.48. The number of hydrogen-bond donors (Lipinski definition) is 2. The van der Waals surface area contributed by atoms with E-state index in [4.69, 9.17) is 11.0 Å². The minimum atomic E-state index is -0.403. The number of aromatic nitrogens is 4. The van der Waals surface area contributed by atoms with Crippen LogP contribution in [0.2, 0.25) is 0 Å². The van der Waals surface area contributed by atoms with Crippen molar-refractivity contribution in [1.29, 1.82) is 5.26 Å². The van der Waals surface area contributed by atoms with Gasteiger partial charge >= 0.3 is 0 Å². The molecule has 1 aromatic heterocycles. The van der Waals surface area contributed by atoms with Gasteiger partial charge in [-0.05, 0) is 10.4 Å². The molecule has 0 aliphatic carbocycles. The molecule has 0 unspecified atom stereocenters. The smallest absolute Gasteiger partial charge is 0.166 e. The van der Waals surface area contributed by atoms with Crippen molar-refractivity contribution in [2.75, 3.05) is 0 Å². The molecule has 6 heteroatoms. The minimum Gasteiger partial charge on any atom is -0.320 e. The first-order valence-electron chi connectivity index (χ1n) is 2.70. The molecule has 3 N–H and O–H groups in total. The van der Waals surface area contributed by atoms with E-state index in [9.17, 15) is 0 Å². The average Bonchev–Trinajstić information content (AvgIpc) is 2.38. The lowest BCUT2D eigenvalue weighted by Crippen LogP contribution is -2.11. The van der Waals surface area contributed by atoms with E-state index >= 15 is 0 Å². The summed E-state index contributed by atoms with van der Waals surface area (Å²) in [6.07, 6.45) is 0.219. The first kappa shape index (κ1) is 6.64. The van der Waals surface area contributed by atoms with E-state index < -0.39 is 6.04 Å². The van der Waals surface area contributed by atoms with E-state index in [2.05, 4.69) is 20.6 Å². The first-order valence-corrected chi connectivity index (χ1v) is 2.70. The third-order valence-electron chi connectivity index (χ3n) is 1.02. The Labute approximate surface area is 57.0 Å². The lowest BCUT2D eigenvalue weighted by molar-refractivity contribution is 0.689. The monoisotopic (exact) mass is 138 g/mol. The van der Waals surface area contributed by atoms with Crippen molar-refractivity contribution in [2.45, 2.75) is 12.5 Å². The molecule has 0 fully saturated rings. The second-order valence-corrected chi connectivity index (χ2v) is 1.76. The van der Waals surface area contributed by atoms with Crippen molar-refractivity contribution in [3.05, 3.63) is 5.82 Å². The van der Waals surface area contributed by atoms with Crippen LogP contribution in [-0.2, 0) is 0 Å². The van der Waals surface area contributed by atoms with Crippen LogP contribution in [0.1, 0.15) is 18.3 Å². The number of rotatable bonds is 2. The fraction of sp³-hybridized carbons (Fsp3) is 0.500. The summed E-state index contributed by atoms with van der Waals surface area (Å²) in [5, 5.41) is 20.9. The highest BCUT2D eigenvalue weighted by Crippen LogP contribution is 2.03. The van der Waals surface area contributed by atoms with Gasteiger partial charge in [0, 0.05) is 0 Å². The van der Waals surface area contributed by atoms with Gasteiger partial charge in [0.05, 0.1) is 18.5 Å². The topological polar surface area (TPSA) is 104 Å². The summed E-state index contributed by atoms with van der Waals surface area (Å²) in [6.45, 7) is 0. The number of nitriles is 1. The molecule has 0 aliphatic rings. The Kier molecular flexibility index (Phi) is 1.92. The van der Waals surface area contributed by atoms with Gasteiger partial charge in [0.2, 0.25) is 0 Å². The van der Waals surface area contributed by atoms with Gasteiger partial charge < -0.3 is 5.73 Å². The number of nitrogens with one attached hydrogen (secondary N) is 1. The second-order valence-electron chi connectivity index (χ2n) is 1.76. The normalized spacial score (nSPS) is 12.4. The Morgan fingerprint density at radius 3 is 3.10 bits per heavy atom. The maximum absolute atomic E-state index is 8.22. The lowest BCUT2D eigenvalue weighted by Gasteiger charge is -1.97. The maximum atomic E-state index is 8.22. The van der Waals surface area contributed by atoms with Gasteiger partial charge in [-0.3, -0.25) is 0 Å². The molecule has 0 radical (unpaired) electrons. The molecular formula is C4H6N6. The predicted molar refractivity (Wildman–Crippen MR) is 31.3 cm³/mol. The highest BCUT2D eigenvalue weighted by atomic mass is 15.5. The van der Waals surface area contributed by atoms with Crippen LogP contribution in [0.5, 0.6) is 0 Å². The molecule has 0 saturated heterocycles. The zero-order chi connectivity index (χ0) is 7.40. The van der Waals surface area contributed by atoms with E-state index in [1.807, 2.05) is 6.07 Å². The number of tetrazole rings is 1. The summed E-state index contributed by atoms with van der Waals surface area (Å²) in [7, 11) is 0. The molecule has 0 saturated carbocycles. The van der Waals surface area contributed by atoms with Crippen LogP contribution in [0.3, 0.4) is 0 Å². The summed E-state index contributed by atoms with van der Waals surface area (Å²) in [6, 6.07) is 1.51. The third-order valence-corrected chi connectivity index (χ3v) is 1.02. The number of hydrogen-bond acceptors (Lipinski definition) is 5. The molecule has 0 aliphatic heterocycles. The minimum absolute atomic E-state index is 0.219. The summed E-state index contributed by atoms with van der Waals surface area (Å²) in [4.78, 5) is 0. The molecule has 1 rings (SSSR count). The van der Waals surface area contributed by atoms with Gasteiger partial charge in [0.15, 0.2) is 5.82 Å². The van der Waals surface area contributed by atoms with Gasteiger partial charge in [0.1, 0.15) is 0 Å². The maximum Gasteiger partial charge on any atom is 0.166 e. The number of aromatic amines is 1. The highest BCUT2D eigenvalue weighted by molar-refractivity contribution is 4.92. The molecule has 52 valence electrons. The zero-order valence-electron chi connectivity index (χ0n) is 5.15. The van der Waals surface area contributed by atoms with Crippen molar-refractivity contribution >= 4 is 0 Å². The summed E-state index contributed by atoms with van der Waals surface area (Å²) in [5.74, 6) is 0.446. The Balaban J connectivity index is 2.61. The predicted octanol–water partition coefficient (Wildman–Crippen LogP) is -0.887. The molecule has 1 aromatic rings. The van der Waals surface area contributed by atoms with E-state index in [0.717, 1.165) is 0 Å². The van der Waals surface area contributed by atoms with Crippen molar-refractivity contribution < 1.29 is 0 Å². The van der Waals surface area contributed by atoms with Crippen LogP contribution in [-0.4, -0.2) is 20.6 Å². The molecule has 1 atom stereocenters. The van der Waals surface area contributed by atoms with Gasteiger partial charge in [-0.1, -0.05) is 0 Å². The Bertz CT molecular complexity index is 220. The Morgan fingerprint density at radius 2 is 2.60 bits per heavy atom. The fourth-order valence-electron chi connectivity index (χ4n) is 0.519. The molecule has 0 amide bonds. The van der Waals surface area contributed by atoms with Gasteiger partial charge in [0.25, 0.3) is 0 Å². The van der Waals surface area contributed by atoms with E-state index in [1.54, 1.807) is 0 Å². The lowest BCUT2D eigenvalue weighted by atomic mass is 10.2. The number of nitrogens with two attached hydrogens (primary N) is 1. The van der Waals surface area contributed by atoms with Crippen LogP contribution in [0, 0.1) is 11.3 Å². The summed E-state index contributed by atoms with van der Waals surface area (Å²) >= 11 is 0. The molecule has 1 heterocycles. The zero-order valence-corrected chi connectivity index (χ0v) is 5.15. The number of nitrogens with zero attached hydrogens (tertiary/aromatic N) is 4. The van der Waals surface area contributed by atoms with Crippen LogP contribution in [0.25, 0.3) is 0 Å². The van der Waals surface area contributed by atoms with Gasteiger partial charge in [-0.2, -0.15) is 5.26 Å². The molecule has 10 heavy (non-hydrogen) atoms. The van der Waals surface area contributed by atoms with E-state index in [0.29, 0.717) is 5.82 Å². The summed E-state index contributed by atoms with van der Waals surface area (Å²) in [5.41, 5.74) is 5.45. The van der Waals surface area contributed by atoms with E-state index in [-0.39, 0.29) is 6.42 Å². The van der Waals surface area contributed by atoms with Crippen LogP contribution >= 0.6 is 0 Å². The highest BCUT2D eigenvalue weighted by Gasteiger charge is 2.07. The van der Waals surface area contributed by atoms with Crippen LogP contribution in [0.4, 0.5) is 0 Å². The van der Waals surface area contributed by atoms with E-state index in [1.165, 1.54) is 0 Å². The van der Waals surface area contributed by atoms with Gasteiger partial charge in [-0.25, -0.2) is 5.10 Å². The van der Waals surface area contributed by atoms with Crippen molar-refractivity contribution in [3.8, 4) is 6.07 Å². The van der Waals surface area contributed by atoms with Crippen molar-refractivity contribution in [2.24, 2.45) is 5.73 Å². The fourth-order valence-corrected chi connectivity index (χ4v) is 0.519. The number of H-pyrrole nitrogens is 1. The molecule has 6 nitrogen and oxygen atoms in total. The Morgan fingerprint density at radius 1 is 1.80 bits per heavy atom.